The van der Waals surface area contributed by atoms with E-state index in [1.165, 1.54) is 0 Å². The molecule has 0 spiro atoms. The van der Waals surface area contributed by atoms with E-state index in [-0.39, 0.29) is 31.0 Å². The van der Waals surface area contributed by atoms with Gasteiger partial charge in [0.15, 0.2) is 0 Å². The predicted octanol–water partition coefficient (Wildman–Crippen LogP) is -4.39. The Bertz CT molecular complexity index is 157. The Kier molecular flexibility index (Phi) is 3.30. The van der Waals surface area contributed by atoms with Crippen molar-refractivity contribution in [3.63, 3.8) is 0 Å². The van der Waals surface area contributed by atoms with Crippen LogP contribution in [0.15, 0.2) is 0 Å². The maximum atomic E-state index is 9.95. The van der Waals surface area contributed by atoms with Gasteiger partial charge in [-0.25, -0.2) is 0 Å². The third-order valence-electron chi connectivity index (χ3n) is 1.12. The zero-order valence-electron chi connectivity index (χ0n) is 6.37. The van der Waals surface area contributed by atoms with Crippen LogP contribution in [0.1, 0.15) is 1.43 Å². The van der Waals surface area contributed by atoms with Crippen LogP contribution in [0, 0.1) is 0 Å². The second-order valence-corrected chi connectivity index (χ2v) is 1.80. The fourth-order valence-electron chi connectivity index (χ4n) is 0.566. The average Bonchev–Trinajstić information content (AvgIpc) is 2.39. The minimum absolute atomic E-state index is 0. The Morgan fingerprint density at radius 2 is 1.50 bits per heavy atom. The first kappa shape index (κ1) is 9.90. The molecule has 2 unspecified atom stereocenters. The SMILES string of the molecule is O=C(O)C1NC1C(=O)O.[H-].[Na+]. The average molecular weight is 155 g/mol. The van der Waals surface area contributed by atoms with Gasteiger partial charge in [0.25, 0.3) is 0 Å². The molecule has 52 valence electrons. The second-order valence-electron chi connectivity index (χ2n) is 1.80. The molecule has 0 aromatic heterocycles. The zero-order chi connectivity index (χ0) is 7.02. The first-order valence-electron chi connectivity index (χ1n) is 2.34. The van der Waals surface area contributed by atoms with Crippen LogP contribution >= 0.6 is 0 Å². The van der Waals surface area contributed by atoms with Crippen molar-refractivity contribution in [1.29, 1.82) is 0 Å². The third kappa shape index (κ3) is 1.95. The smallest absolute Gasteiger partial charge is 1.00 e. The van der Waals surface area contributed by atoms with Crippen LogP contribution in [-0.4, -0.2) is 34.2 Å². The summed E-state index contributed by atoms with van der Waals surface area (Å²) in [6, 6.07) is -1.75. The van der Waals surface area contributed by atoms with Gasteiger partial charge in [-0.15, -0.1) is 0 Å². The van der Waals surface area contributed by atoms with Gasteiger partial charge in [-0.3, -0.25) is 14.9 Å². The summed E-state index contributed by atoms with van der Waals surface area (Å²) in [7, 11) is 0. The van der Waals surface area contributed by atoms with E-state index in [9.17, 15) is 9.59 Å². The molecule has 0 aromatic carbocycles. The minimum Gasteiger partial charge on any atom is -1.00 e. The summed E-state index contributed by atoms with van der Waals surface area (Å²) in [5.41, 5.74) is 0. The summed E-state index contributed by atoms with van der Waals surface area (Å²) in [6.45, 7) is 0. The molecule has 2 atom stereocenters. The number of hydrogen-bond acceptors (Lipinski definition) is 3. The van der Waals surface area contributed by atoms with Crippen molar-refractivity contribution >= 4 is 11.9 Å². The second kappa shape index (κ2) is 3.34. The van der Waals surface area contributed by atoms with Gasteiger partial charge < -0.3 is 11.6 Å². The molecule has 3 N–H and O–H groups in total. The van der Waals surface area contributed by atoms with Crippen LogP contribution in [0.4, 0.5) is 0 Å². The van der Waals surface area contributed by atoms with Crippen molar-refractivity contribution in [1.82, 2.24) is 5.32 Å². The van der Waals surface area contributed by atoms with Gasteiger partial charge in [0, 0.05) is 0 Å². The normalized spacial score (nSPS) is 28.4. The standard InChI is InChI=1S/C4H5NO4.Na.H/c6-3(7)1-2(5-1)4(8)9;;/h1-2,5H,(H,6,7)(H,8,9);;/q;+1;-1. The van der Waals surface area contributed by atoms with E-state index in [0.29, 0.717) is 0 Å². The first-order valence-corrected chi connectivity index (χ1v) is 2.34. The quantitative estimate of drug-likeness (QED) is 0.276. The summed E-state index contributed by atoms with van der Waals surface area (Å²) in [6.07, 6.45) is 0. The molecule has 1 saturated heterocycles. The predicted molar refractivity (Wildman–Crippen MR) is 27.1 cm³/mol. The Hall–Kier alpha value is -0.100. The van der Waals surface area contributed by atoms with Gasteiger partial charge in [-0.05, 0) is 0 Å². The molecule has 1 heterocycles. The number of carboxylic acids is 2. The van der Waals surface area contributed by atoms with Crippen molar-refractivity contribution < 1.29 is 50.8 Å². The van der Waals surface area contributed by atoms with E-state index in [0.717, 1.165) is 0 Å². The molecule has 0 bridgehead atoms. The van der Waals surface area contributed by atoms with Crippen LogP contribution in [0.25, 0.3) is 0 Å². The van der Waals surface area contributed by atoms with Gasteiger partial charge in [0.1, 0.15) is 12.1 Å². The van der Waals surface area contributed by atoms with Gasteiger partial charge in [-0.1, -0.05) is 0 Å². The molecule has 10 heavy (non-hydrogen) atoms. The number of carboxylic acid groups (broad SMARTS) is 2. The minimum atomic E-state index is -1.11. The molecule has 0 aromatic rings. The molecule has 0 radical (unpaired) electrons. The fraction of sp³-hybridized carbons (Fsp3) is 0.500. The van der Waals surface area contributed by atoms with E-state index in [1.807, 2.05) is 0 Å². The van der Waals surface area contributed by atoms with Gasteiger partial charge in [-0.2, -0.15) is 0 Å². The maximum Gasteiger partial charge on any atom is 1.00 e. The molecule has 0 amide bonds. The molecule has 1 rings (SSSR count). The monoisotopic (exact) mass is 155 g/mol. The van der Waals surface area contributed by atoms with E-state index in [4.69, 9.17) is 10.2 Å². The Balaban J connectivity index is 0. The van der Waals surface area contributed by atoms with Crippen molar-refractivity contribution in [3.8, 4) is 0 Å². The van der Waals surface area contributed by atoms with Crippen LogP contribution in [0.3, 0.4) is 0 Å². The zero-order valence-corrected chi connectivity index (χ0v) is 7.37. The van der Waals surface area contributed by atoms with E-state index in [1.54, 1.807) is 0 Å². The molecule has 6 heteroatoms. The maximum absolute atomic E-state index is 9.95. The summed E-state index contributed by atoms with van der Waals surface area (Å²) in [4.78, 5) is 19.9. The molecule has 1 aliphatic heterocycles. The molecule has 1 aliphatic rings. The number of hydrogen-bond donors (Lipinski definition) is 3. The molecule has 5 nitrogen and oxygen atoms in total. The molecule has 0 saturated carbocycles. The Morgan fingerprint density at radius 1 is 1.20 bits per heavy atom. The Morgan fingerprint density at radius 3 is 1.60 bits per heavy atom. The largest absolute Gasteiger partial charge is 1.00 e. The Labute approximate surface area is 80.2 Å². The summed E-state index contributed by atoms with van der Waals surface area (Å²) in [5, 5.41) is 18.6. The van der Waals surface area contributed by atoms with Gasteiger partial charge >= 0.3 is 41.5 Å². The van der Waals surface area contributed by atoms with Gasteiger partial charge in [0.2, 0.25) is 0 Å². The molecule has 0 aliphatic carbocycles. The molecule has 1 fully saturated rings. The molecular formula is C4H6NNaO4. The van der Waals surface area contributed by atoms with Crippen LogP contribution < -0.4 is 34.9 Å². The van der Waals surface area contributed by atoms with E-state index >= 15 is 0 Å². The van der Waals surface area contributed by atoms with Crippen LogP contribution in [0.5, 0.6) is 0 Å². The molecular weight excluding hydrogens is 149 g/mol. The van der Waals surface area contributed by atoms with Crippen molar-refractivity contribution in [2.24, 2.45) is 0 Å². The summed E-state index contributed by atoms with van der Waals surface area (Å²) >= 11 is 0. The van der Waals surface area contributed by atoms with Crippen LogP contribution in [0.2, 0.25) is 0 Å². The summed E-state index contributed by atoms with van der Waals surface area (Å²) < 4.78 is 0. The third-order valence-corrected chi connectivity index (χ3v) is 1.12. The van der Waals surface area contributed by atoms with Crippen molar-refractivity contribution in [3.05, 3.63) is 0 Å². The first-order chi connectivity index (χ1) is 4.13. The number of aliphatic carboxylic acids is 2. The fourth-order valence-corrected chi connectivity index (χ4v) is 0.566. The number of rotatable bonds is 2. The number of carbonyl (C=O) groups is 2. The topological polar surface area (TPSA) is 96.5 Å². The van der Waals surface area contributed by atoms with Crippen molar-refractivity contribution in [2.45, 2.75) is 12.1 Å². The summed E-state index contributed by atoms with van der Waals surface area (Å²) in [5.74, 6) is -2.22. The number of nitrogens with one attached hydrogen (secondary N) is 1. The van der Waals surface area contributed by atoms with E-state index in [2.05, 4.69) is 5.32 Å². The van der Waals surface area contributed by atoms with Crippen molar-refractivity contribution in [2.75, 3.05) is 0 Å². The van der Waals surface area contributed by atoms with E-state index < -0.39 is 24.0 Å². The van der Waals surface area contributed by atoms with Crippen LogP contribution in [-0.2, 0) is 9.59 Å². The van der Waals surface area contributed by atoms with Gasteiger partial charge in [0.05, 0.1) is 0 Å².